The highest BCUT2D eigenvalue weighted by molar-refractivity contribution is 5.71. The lowest BCUT2D eigenvalue weighted by Crippen LogP contribution is -2.30. The van der Waals surface area contributed by atoms with Gasteiger partial charge in [0.2, 0.25) is 0 Å². The fraction of sp³-hybridized carbons (Fsp3) is 0.860. The van der Waals surface area contributed by atoms with E-state index < -0.39 is 6.10 Å². The summed E-state index contributed by atoms with van der Waals surface area (Å²) in [5.41, 5.74) is 0. The summed E-state index contributed by atoms with van der Waals surface area (Å²) in [7, 11) is 0. The molecule has 1 unspecified atom stereocenters. The third kappa shape index (κ3) is 43.0. The molecule has 328 valence electrons. The number of hydrogen-bond donors (Lipinski definition) is 0. The van der Waals surface area contributed by atoms with Crippen LogP contribution in [0.15, 0.2) is 24.3 Å². The van der Waals surface area contributed by atoms with Crippen LogP contribution in [0.4, 0.5) is 0 Å². The number of ether oxygens (including phenoxy) is 3. The van der Waals surface area contributed by atoms with Crippen LogP contribution >= 0.6 is 0 Å². The van der Waals surface area contributed by atoms with Crippen LogP contribution < -0.4 is 0 Å². The van der Waals surface area contributed by atoms with Gasteiger partial charge in [0.1, 0.15) is 13.2 Å². The van der Waals surface area contributed by atoms with Crippen molar-refractivity contribution in [2.45, 2.75) is 264 Å². The second kappa shape index (κ2) is 45.6. The standard InChI is InChI=1S/C50H92O6/c1-4-7-10-13-16-19-21-22-23-24-25-26-27-29-31-34-37-40-43-49(52)55-46-47(45-54-48(51)42-39-36-33-30-18-15-12-9-6-3)56-50(53)44-41-38-35-32-28-20-17-14-11-8-5-2/h14,17,30,33,47H,4-13,15-16,18-29,31-32,34-46H2,1-3H3/b17-14-,33-30-. The first kappa shape index (κ1) is 53.9. The molecule has 0 rings (SSSR count). The van der Waals surface area contributed by atoms with E-state index in [4.69, 9.17) is 14.2 Å². The molecule has 0 amide bonds. The van der Waals surface area contributed by atoms with Crippen molar-refractivity contribution in [3.05, 3.63) is 24.3 Å². The van der Waals surface area contributed by atoms with Crippen molar-refractivity contribution in [2.75, 3.05) is 13.2 Å². The van der Waals surface area contributed by atoms with E-state index in [2.05, 4.69) is 45.1 Å². The van der Waals surface area contributed by atoms with Crippen molar-refractivity contribution >= 4 is 17.9 Å². The Morgan fingerprint density at radius 2 is 0.625 bits per heavy atom. The maximum atomic E-state index is 12.7. The quantitative estimate of drug-likeness (QED) is 0.0265. The second-order valence-corrected chi connectivity index (χ2v) is 16.4. The molecule has 0 saturated heterocycles. The van der Waals surface area contributed by atoms with Crippen molar-refractivity contribution in [3.63, 3.8) is 0 Å². The Morgan fingerprint density at radius 1 is 0.339 bits per heavy atom. The summed E-state index contributed by atoms with van der Waals surface area (Å²) >= 11 is 0. The van der Waals surface area contributed by atoms with Gasteiger partial charge in [0.25, 0.3) is 0 Å². The fourth-order valence-corrected chi connectivity index (χ4v) is 6.96. The van der Waals surface area contributed by atoms with Crippen LogP contribution in [0.5, 0.6) is 0 Å². The highest BCUT2D eigenvalue weighted by Gasteiger charge is 2.19. The Bertz CT molecular complexity index is 911. The topological polar surface area (TPSA) is 78.9 Å². The van der Waals surface area contributed by atoms with E-state index in [-0.39, 0.29) is 31.1 Å². The van der Waals surface area contributed by atoms with Gasteiger partial charge in [-0.15, -0.1) is 0 Å². The molecule has 0 aromatic rings. The van der Waals surface area contributed by atoms with Gasteiger partial charge in [-0.3, -0.25) is 14.4 Å². The maximum absolute atomic E-state index is 12.7. The Hall–Kier alpha value is -2.11. The minimum absolute atomic E-state index is 0.0799. The smallest absolute Gasteiger partial charge is 0.306 e. The first-order valence-electron chi connectivity index (χ1n) is 24.3. The summed E-state index contributed by atoms with van der Waals surface area (Å²) in [6.45, 7) is 6.55. The number of esters is 3. The highest BCUT2D eigenvalue weighted by atomic mass is 16.6. The number of rotatable bonds is 44. The third-order valence-corrected chi connectivity index (χ3v) is 10.7. The molecule has 0 radical (unpaired) electrons. The van der Waals surface area contributed by atoms with Gasteiger partial charge in [-0.25, -0.2) is 0 Å². The highest BCUT2D eigenvalue weighted by Crippen LogP contribution is 2.16. The van der Waals surface area contributed by atoms with E-state index in [1.54, 1.807) is 0 Å². The molecule has 0 aliphatic heterocycles. The van der Waals surface area contributed by atoms with Gasteiger partial charge >= 0.3 is 17.9 Å². The minimum Gasteiger partial charge on any atom is -0.462 e. The SMILES string of the molecule is CCCC/C=C\CCCCCCCC(=O)OC(COC(=O)CCC/C=C\CCCCCC)COC(=O)CCCCCCCCCCCCCCCCCCCC. The van der Waals surface area contributed by atoms with Gasteiger partial charge < -0.3 is 14.2 Å². The van der Waals surface area contributed by atoms with Gasteiger partial charge in [-0.2, -0.15) is 0 Å². The van der Waals surface area contributed by atoms with Crippen molar-refractivity contribution in [2.24, 2.45) is 0 Å². The Labute approximate surface area is 347 Å². The summed E-state index contributed by atoms with van der Waals surface area (Å²) in [4.78, 5) is 37.7. The molecular weight excluding hydrogens is 697 g/mol. The normalized spacial score (nSPS) is 12.1. The van der Waals surface area contributed by atoms with Crippen molar-refractivity contribution in [1.29, 1.82) is 0 Å². The van der Waals surface area contributed by atoms with E-state index in [9.17, 15) is 14.4 Å². The van der Waals surface area contributed by atoms with E-state index in [0.29, 0.717) is 19.3 Å². The van der Waals surface area contributed by atoms with Crippen molar-refractivity contribution < 1.29 is 28.6 Å². The Morgan fingerprint density at radius 3 is 1.04 bits per heavy atom. The Kier molecular flexibility index (Phi) is 43.9. The van der Waals surface area contributed by atoms with Crippen LogP contribution in [-0.2, 0) is 28.6 Å². The zero-order chi connectivity index (χ0) is 40.8. The summed E-state index contributed by atoms with van der Waals surface area (Å²) in [5, 5.41) is 0. The molecule has 0 heterocycles. The summed E-state index contributed by atoms with van der Waals surface area (Å²) in [5.74, 6) is -0.920. The molecule has 6 nitrogen and oxygen atoms in total. The lowest BCUT2D eigenvalue weighted by molar-refractivity contribution is -0.167. The van der Waals surface area contributed by atoms with Crippen molar-refractivity contribution in [3.8, 4) is 0 Å². The van der Waals surface area contributed by atoms with Gasteiger partial charge in [0, 0.05) is 19.3 Å². The van der Waals surface area contributed by atoms with Crippen molar-refractivity contribution in [1.82, 2.24) is 0 Å². The number of carbonyl (C=O) groups is 3. The summed E-state index contributed by atoms with van der Waals surface area (Å²) < 4.78 is 16.7. The largest absolute Gasteiger partial charge is 0.462 e. The molecule has 0 N–H and O–H groups in total. The molecule has 56 heavy (non-hydrogen) atoms. The summed E-state index contributed by atoms with van der Waals surface area (Å²) in [6, 6.07) is 0. The molecule has 0 bridgehead atoms. The maximum Gasteiger partial charge on any atom is 0.306 e. The van der Waals surface area contributed by atoms with Gasteiger partial charge in [-0.1, -0.05) is 206 Å². The third-order valence-electron chi connectivity index (χ3n) is 10.7. The lowest BCUT2D eigenvalue weighted by Gasteiger charge is -2.18. The van der Waals surface area contributed by atoms with E-state index in [1.807, 2.05) is 0 Å². The summed E-state index contributed by atoms with van der Waals surface area (Å²) in [6.07, 6.45) is 50.3. The van der Waals surface area contributed by atoms with Crippen LogP contribution in [0.3, 0.4) is 0 Å². The molecule has 1 atom stereocenters. The predicted octanol–water partition coefficient (Wildman–Crippen LogP) is 15.6. The van der Waals surface area contributed by atoms with Gasteiger partial charge in [-0.05, 0) is 57.8 Å². The van der Waals surface area contributed by atoms with Gasteiger partial charge in [0.15, 0.2) is 6.10 Å². The molecule has 0 aliphatic carbocycles. The fourth-order valence-electron chi connectivity index (χ4n) is 6.96. The average Bonchev–Trinajstić information content (AvgIpc) is 3.19. The average molecular weight is 789 g/mol. The second-order valence-electron chi connectivity index (χ2n) is 16.4. The number of carbonyl (C=O) groups excluding carboxylic acids is 3. The molecular formula is C50H92O6. The molecule has 0 aromatic heterocycles. The van der Waals surface area contributed by atoms with Crippen LogP contribution in [0.2, 0.25) is 0 Å². The molecule has 0 spiro atoms. The minimum atomic E-state index is -0.779. The zero-order valence-corrected chi connectivity index (χ0v) is 37.4. The molecule has 0 aliphatic rings. The van der Waals surface area contributed by atoms with Crippen LogP contribution in [0, 0.1) is 0 Å². The molecule has 0 fully saturated rings. The van der Waals surface area contributed by atoms with E-state index >= 15 is 0 Å². The zero-order valence-electron chi connectivity index (χ0n) is 37.4. The van der Waals surface area contributed by atoms with E-state index in [0.717, 1.165) is 70.6 Å². The van der Waals surface area contributed by atoms with Crippen LogP contribution in [-0.4, -0.2) is 37.2 Å². The monoisotopic (exact) mass is 789 g/mol. The predicted molar refractivity (Wildman–Crippen MR) is 238 cm³/mol. The number of hydrogen-bond acceptors (Lipinski definition) is 6. The molecule has 6 heteroatoms. The lowest BCUT2D eigenvalue weighted by atomic mass is 10.0. The van der Waals surface area contributed by atoms with E-state index in [1.165, 1.54) is 148 Å². The van der Waals surface area contributed by atoms with Crippen LogP contribution in [0.1, 0.15) is 258 Å². The van der Waals surface area contributed by atoms with Crippen LogP contribution in [0.25, 0.3) is 0 Å². The number of allylic oxidation sites excluding steroid dienone is 4. The number of unbranched alkanes of at least 4 members (excludes halogenated alkanes) is 29. The first-order valence-corrected chi connectivity index (χ1v) is 24.3. The van der Waals surface area contributed by atoms with Gasteiger partial charge in [0.05, 0.1) is 0 Å². The molecule has 0 aromatic carbocycles. The Balaban J connectivity index is 4.26. The first-order chi connectivity index (χ1) is 27.5. The molecule has 0 saturated carbocycles.